The average Bonchev–Trinajstić information content (AvgIpc) is 3.42. The lowest BCUT2D eigenvalue weighted by Crippen LogP contribution is -2.40. The standard InChI is InChI=1S/C21H13F4NO5/c22-20-11-6-15-16(29-9-28-15)7-14(11)31-13-3-1-2-12(18(13)20)26(19(20)27)8-10-4-5-17(30-10)21(23,24)25/h1-4,6-7,17H,5,8-9H2. The van der Waals surface area contributed by atoms with Crippen LogP contribution in [0.3, 0.4) is 0 Å². The second-order valence-electron chi connectivity index (χ2n) is 7.56. The molecule has 0 aliphatic carbocycles. The van der Waals surface area contributed by atoms with Crippen molar-refractivity contribution in [2.75, 3.05) is 18.2 Å². The van der Waals surface area contributed by atoms with E-state index in [1.54, 1.807) is 6.07 Å². The molecule has 31 heavy (non-hydrogen) atoms. The molecule has 160 valence electrons. The molecule has 0 spiro atoms. The Kier molecular flexibility index (Phi) is 3.45. The quantitative estimate of drug-likeness (QED) is 0.658. The van der Waals surface area contributed by atoms with Gasteiger partial charge in [-0.05, 0) is 24.3 Å². The fraction of sp³-hybridized carbons (Fsp3) is 0.286. The molecular weight excluding hydrogens is 422 g/mol. The Morgan fingerprint density at radius 2 is 1.87 bits per heavy atom. The SMILES string of the molecule is O=C1N(CC2=CCC(C(F)(F)F)O2)c2cccc3c2C1(F)c1cc2c(cc1O3)OCO2. The van der Waals surface area contributed by atoms with Gasteiger partial charge in [0.15, 0.2) is 17.6 Å². The van der Waals surface area contributed by atoms with Gasteiger partial charge >= 0.3 is 6.18 Å². The van der Waals surface area contributed by atoms with Gasteiger partial charge in [-0.1, -0.05) is 6.07 Å². The van der Waals surface area contributed by atoms with Crippen LogP contribution in [0.5, 0.6) is 23.0 Å². The van der Waals surface area contributed by atoms with E-state index in [0.717, 1.165) is 4.90 Å². The van der Waals surface area contributed by atoms with Crippen molar-refractivity contribution in [3.63, 3.8) is 0 Å². The zero-order valence-corrected chi connectivity index (χ0v) is 15.7. The van der Waals surface area contributed by atoms with E-state index in [2.05, 4.69) is 0 Å². The summed E-state index contributed by atoms with van der Waals surface area (Å²) in [5, 5.41) is 0. The Hall–Kier alpha value is -3.43. The molecule has 2 aromatic rings. The number of carbonyl (C=O) groups excluding carboxylic acids is 1. The second kappa shape index (κ2) is 5.83. The Labute approximate surface area is 172 Å². The molecule has 10 heteroatoms. The molecule has 6 nitrogen and oxygen atoms in total. The molecule has 0 bridgehead atoms. The molecule has 2 aromatic carbocycles. The monoisotopic (exact) mass is 435 g/mol. The van der Waals surface area contributed by atoms with Gasteiger partial charge in [0.05, 0.1) is 23.4 Å². The van der Waals surface area contributed by atoms with Crippen molar-refractivity contribution in [1.29, 1.82) is 0 Å². The second-order valence-corrected chi connectivity index (χ2v) is 7.56. The Balaban J connectivity index is 1.41. The van der Waals surface area contributed by atoms with Crippen LogP contribution in [-0.2, 0) is 15.2 Å². The van der Waals surface area contributed by atoms with E-state index in [0.29, 0.717) is 5.75 Å². The predicted octanol–water partition coefficient (Wildman–Crippen LogP) is 4.32. The van der Waals surface area contributed by atoms with Crippen molar-refractivity contribution >= 4 is 11.6 Å². The number of amides is 1. The lowest BCUT2D eigenvalue weighted by molar-refractivity contribution is -0.202. The van der Waals surface area contributed by atoms with E-state index >= 15 is 4.39 Å². The minimum Gasteiger partial charge on any atom is -0.483 e. The molecule has 0 radical (unpaired) electrons. The van der Waals surface area contributed by atoms with Gasteiger partial charge in [-0.3, -0.25) is 4.79 Å². The fourth-order valence-electron chi connectivity index (χ4n) is 4.36. The molecule has 1 amide bonds. The van der Waals surface area contributed by atoms with E-state index in [4.69, 9.17) is 18.9 Å². The summed E-state index contributed by atoms with van der Waals surface area (Å²) in [6.45, 7) is -0.366. The summed E-state index contributed by atoms with van der Waals surface area (Å²) < 4.78 is 76.8. The Morgan fingerprint density at radius 1 is 1.10 bits per heavy atom. The molecule has 2 atom stereocenters. The van der Waals surface area contributed by atoms with Gasteiger partial charge in [0.2, 0.25) is 12.5 Å². The van der Waals surface area contributed by atoms with Crippen molar-refractivity contribution in [3.05, 3.63) is 53.3 Å². The zero-order valence-electron chi connectivity index (χ0n) is 15.7. The minimum absolute atomic E-state index is 0.0114. The minimum atomic E-state index is -4.53. The number of hydrogen-bond acceptors (Lipinski definition) is 5. The van der Waals surface area contributed by atoms with Crippen molar-refractivity contribution in [1.82, 2.24) is 0 Å². The molecule has 6 rings (SSSR count). The summed E-state index contributed by atoms with van der Waals surface area (Å²) in [5.41, 5.74) is -2.40. The highest BCUT2D eigenvalue weighted by Gasteiger charge is 2.59. The number of carbonyl (C=O) groups is 1. The maximum absolute atomic E-state index is 16.6. The number of ether oxygens (including phenoxy) is 4. The molecule has 0 aromatic heterocycles. The third-order valence-electron chi connectivity index (χ3n) is 5.78. The first-order valence-electron chi connectivity index (χ1n) is 9.45. The Bertz CT molecular complexity index is 1180. The molecular formula is C21H13F4NO5. The Morgan fingerprint density at radius 3 is 2.61 bits per heavy atom. The first kappa shape index (κ1) is 18.3. The van der Waals surface area contributed by atoms with Gasteiger partial charge in [-0.2, -0.15) is 13.2 Å². The predicted molar refractivity (Wildman–Crippen MR) is 97.0 cm³/mol. The number of nitrogens with zero attached hydrogens (tertiary/aromatic N) is 1. The highest BCUT2D eigenvalue weighted by molar-refractivity contribution is 6.11. The lowest BCUT2D eigenvalue weighted by Gasteiger charge is -2.28. The normalized spacial score (nSPS) is 25.0. The summed E-state index contributed by atoms with van der Waals surface area (Å²) in [4.78, 5) is 14.4. The molecule has 0 fully saturated rings. The van der Waals surface area contributed by atoms with Crippen molar-refractivity contribution in [2.45, 2.75) is 24.4 Å². The van der Waals surface area contributed by atoms with Gasteiger partial charge in [-0.25, -0.2) is 4.39 Å². The summed E-state index contributed by atoms with van der Waals surface area (Å²) in [7, 11) is 0. The number of benzene rings is 2. The van der Waals surface area contributed by atoms with Crippen LogP contribution in [0.15, 0.2) is 42.2 Å². The van der Waals surface area contributed by atoms with Crippen molar-refractivity contribution < 1.29 is 41.3 Å². The third-order valence-corrected chi connectivity index (χ3v) is 5.78. The molecule has 4 aliphatic heterocycles. The van der Waals surface area contributed by atoms with Crippen LogP contribution in [-0.4, -0.2) is 31.5 Å². The van der Waals surface area contributed by atoms with Crippen LogP contribution in [0.1, 0.15) is 17.5 Å². The molecule has 4 heterocycles. The van der Waals surface area contributed by atoms with Gasteiger partial charge in [0, 0.05) is 12.5 Å². The zero-order chi connectivity index (χ0) is 21.5. The number of halogens is 4. The third kappa shape index (κ3) is 2.41. The van der Waals surface area contributed by atoms with E-state index in [9.17, 15) is 18.0 Å². The topological polar surface area (TPSA) is 57.2 Å². The molecule has 4 aliphatic rings. The molecule has 0 N–H and O–H groups in total. The number of hydrogen-bond donors (Lipinski definition) is 0. The summed E-state index contributed by atoms with van der Waals surface area (Å²) in [6, 6.07) is 7.46. The first-order valence-corrected chi connectivity index (χ1v) is 9.45. The van der Waals surface area contributed by atoms with Gasteiger partial charge in [0.25, 0.3) is 5.91 Å². The summed E-state index contributed by atoms with van der Waals surface area (Å²) >= 11 is 0. The number of alkyl halides is 4. The maximum atomic E-state index is 16.6. The van der Waals surface area contributed by atoms with E-state index in [1.165, 1.54) is 30.3 Å². The highest BCUT2D eigenvalue weighted by Crippen LogP contribution is 2.59. The largest absolute Gasteiger partial charge is 0.483 e. The van der Waals surface area contributed by atoms with E-state index in [-0.39, 0.29) is 59.6 Å². The van der Waals surface area contributed by atoms with Gasteiger partial charge in [0.1, 0.15) is 17.3 Å². The van der Waals surface area contributed by atoms with E-state index < -0.39 is 23.9 Å². The lowest BCUT2D eigenvalue weighted by atomic mass is 9.86. The van der Waals surface area contributed by atoms with Crippen LogP contribution in [0.4, 0.5) is 23.2 Å². The van der Waals surface area contributed by atoms with E-state index in [1.807, 2.05) is 0 Å². The smallest absolute Gasteiger partial charge is 0.425 e. The average molecular weight is 435 g/mol. The van der Waals surface area contributed by atoms with Crippen LogP contribution in [0.2, 0.25) is 0 Å². The maximum Gasteiger partial charge on any atom is 0.425 e. The summed E-state index contributed by atoms with van der Waals surface area (Å²) in [5.74, 6) is -0.0641. The molecule has 0 saturated carbocycles. The first-order chi connectivity index (χ1) is 14.8. The van der Waals surface area contributed by atoms with Crippen LogP contribution >= 0.6 is 0 Å². The number of anilines is 1. The van der Waals surface area contributed by atoms with Crippen LogP contribution in [0, 0.1) is 0 Å². The van der Waals surface area contributed by atoms with Crippen molar-refractivity contribution in [2.24, 2.45) is 0 Å². The number of fused-ring (bicyclic) bond motifs is 3. The van der Waals surface area contributed by atoms with Crippen molar-refractivity contribution in [3.8, 4) is 23.0 Å². The van der Waals surface area contributed by atoms with Gasteiger partial charge < -0.3 is 23.8 Å². The van der Waals surface area contributed by atoms with Crippen LogP contribution in [0.25, 0.3) is 0 Å². The summed E-state index contributed by atoms with van der Waals surface area (Å²) in [6.07, 6.45) is -5.58. The highest BCUT2D eigenvalue weighted by atomic mass is 19.4. The fourth-order valence-corrected chi connectivity index (χ4v) is 4.36. The molecule has 2 unspecified atom stereocenters. The van der Waals surface area contributed by atoms with Gasteiger partial charge in [-0.15, -0.1) is 0 Å². The van der Waals surface area contributed by atoms with Crippen LogP contribution < -0.4 is 19.1 Å². The number of rotatable bonds is 2. The molecule has 0 saturated heterocycles.